The quantitative estimate of drug-likeness (QED) is 0.452. The Labute approximate surface area is 203 Å². The molecule has 0 aliphatic carbocycles. The van der Waals surface area contributed by atoms with Crippen molar-refractivity contribution in [3.63, 3.8) is 0 Å². The maximum Gasteiger partial charge on any atom is 0.338 e. The van der Waals surface area contributed by atoms with E-state index < -0.39 is 56.4 Å². The van der Waals surface area contributed by atoms with Gasteiger partial charge in [-0.05, 0) is 53.5 Å². The highest BCUT2D eigenvalue weighted by Crippen LogP contribution is 2.38. The molecule has 0 saturated heterocycles. The van der Waals surface area contributed by atoms with Gasteiger partial charge in [-0.25, -0.2) is 26.4 Å². The topological polar surface area (TPSA) is 102 Å². The summed E-state index contributed by atoms with van der Waals surface area (Å²) in [6, 6.07) is 6.88. The number of phenolic OH excluding ortho intramolecular Hbond substituents is 1. The molecule has 0 aromatic heterocycles. The normalized spacial score (nSPS) is 16.9. The van der Waals surface area contributed by atoms with Gasteiger partial charge in [0.25, 0.3) is 10.0 Å². The zero-order valence-electron chi connectivity index (χ0n) is 18.5. The molecule has 0 saturated carbocycles. The van der Waals surface area contributed by atoms with Crippen LogP contribution in [-0.4, -0.2) is 32.7 Å². The summed E-state index contributed by atoms with van der Waals surface area (Å²) in [4.78, 5) is 12.2. The van der Waals surface area contributed by atoms with Crippen LogP contribution in [0.5, 0.6) is 5.75 Å². The number of hydrogen-bond acceptors (Lipinski definition) is 6. The number of sulfonamides is 1. The fraction of sp³-hybridized carbons (Fsp3) is 0.160. The van der Waals surface area contributed by atoms with Crippen LogP contribution in [-0.2, 0) is 26.1 Å². The highest BCUT2D eigenvalue weighted by atomic mass is 32.2. The van der Waals surface area contributed by atoms with Gasteiger partial charge in [0.05, 0.1) is 24.5 Å². The molecule has 11 heteroatoms. The van der Waals surface area contributed by atoms with Crippen molar-refractivity contribution >= 4 is 27.3 Å². The number of esters is 1. The van der Waals surface area contributed by atoms with Crippen LogP contribution < -0.4 is 4.72 Å². The molecule has 5 rings (SSSR count). The van der Waals surface area contributed by atoms with E-state index in [0.29, 0.717) is 24.7 Å². The standard InChI is InChI=1S/C25H18F3NO6S/c26-16-2-1-14-12-35-25(31)15-7-18(13-3-5-34-6-4-13)24(30)23(8-15)36(32,33)29-22-10-19(17(14)9-16)20(27)11-21(22)28/h1-3,7-11,29-30H,4-6,12H2. The molecule has 7 nitrogen and oxygen atoms in total. The molecule has 2 heterocycles. The van der Waals surface area contributed by atoms with Crippen LogP contribution in [0.25, 0.3) is 16.7 Å². The fourth-order valence-electron chi connectivity index (χ4n) is 4.13. The number of ether oxygens (including phenoxy) is 2. The Balaban J connectivity index is 1.76. The smallest absolute Gasteiger partial charge is 0.338 e. The number of phenols is 1. The molecule has 3 aromatic rings. The van der Waals surface area contributed by atoms with Crippen LogP contribution in [0.3, 0.4) is 0 Å². The number of carbonyl (C=O) groups excluding carboxylic acids is 1. The summed E-state index contributed by atoms with van der Waals surface area (Å²) in [5.41, 5.74) is -0.377. The largest absolute Gasteiger partial charge is 0.506 e. The lowest BCUT2D eigenvalue weighted by atomic mass is 9.98. The lowest BCUT2D eigenvalue weighted by Gasteiger charge is -2.18. The van der Waals surface area contributed by atoms with E-state index >= 15 is 0 Å². The van der Waals surface area contributed by atoms with Crippen LogP contribution in [0.4, 0.5) is 18.9 Å². The van der Waals surface area contributed by atoms with Crippen LogP contribution in [0.2, 0.25) is 0 Å². The second-order valence-corrected chi connectivity index (χ2v) is 9.87. The van der Waals surface area contributed by atoms with Crippen molar-refractivity contribution in [2.24, 2.45) is 0 Å². The van der Waals surface area contributed by atoms with E-state index in [4.69, 9.17) is 9.47 Å². The Kier molecular flexibility index (Phi) is 5.97. The van der Waals surface area contributed by atoms with Gasteiger partial charge in [0.15, 0.2) is 0 Å². The number of rotatable bonds is 1. The van der Waals surface area contributed by atoms with Crippen molar-refractivity contribution in [3.05, 3.63) is 82.7 Å². The third kappa shape index (κ3) is 4.31. The average molecular weight is 517 g/mol. The van der Waals surface area contributed by atoms with Gasteiger partial charge in [0.1, 0.15) is 34.7 Å². The molecule has 0 fully saturated rings. The van der Waals surface area contributed by atoms with Crippen molar-refractivity contribution in [2.75, 3.05) is 17.9 Å². The van der Waals surface area contributed by atoms with Gasteiger partial charge in [0, 0.05) is 17.2 Å². The number of hydrogen-bond donors (Lipinski definition) is 2. The first-order valence-corrected chi connectivity index (χ1v) is 12.2. The minimum absolute atomic E-state index is 0.0531. The zero-order chi connectivity index (χ0) is 25.6. The van der Waals surface area contributed by atoms with Crippen LogP contribution in [0.15, 0.2) is 53.4 Å². The van der Waals surface area contributed by atoms with Gasteiger partial charge in [-0.2, -0.15) is 0 Å². The van der Waals surface area contributed by atoms with Crippen LogP contribution >= 0.6 is 0 Å². The first kappa shape index (κ1) is 23.9. The second-order valence-electron chi connectivity index (χ2n) is 8.22. The Hall–Kier alpha value is -3.83. The van der Waals surface area contributed by atoms with Crippen molar-refractivity contribution in [2.45, 2.75) is 17.9 Å². The van der Waals surface area contributed by atoms with Gasteiger partial charge in [-0.3, -0.25) is 4.72 Å². The SMILES string of the molecule is O=C1OCc2ccc(F)cc2-c2cc(c(F)cc2F)NS(=O)(=O)c2cc1cc(C1=CCOCC1)c2O. The number of anilines is 1. The maximum absolute atomic E-state index is 14.8. The van der Waals surface area contributed by atoms with Crippen molar-refractivity contribution in [3.8, 4) is 16.9 Å². The van der Waals surface area contributed by atoms with E-state index in [0.717, 1.165) is 24.3 Å². The van der Waals surface area contributed by atoms with Gasteiger partial charge in [0.2, 0.25) is 0 Å². The third-order valence-electron chi connectivity index (χ3n) is 5.93. The Morgan fingerprint density at radius 3 is 2.50 bits per heavy atom. The lowest BCUT2D eigenvalue weighted by molar-refractivity contribution is 0.0473. The molecule has 2 N–H and O–H groups in total. The summed E-state index contributed by atoms with van der Waals surface area (Å²) in [6.45, 7) is 0.126. The summed E-state index contributed by atoms with van der Waals surface area (Å²) in [5, 5.41) is 10.9. The second kappa shape index (κ2) is 8.99. The van der Waals surface area contributed by atoms with Crippen molar-refractivity contribution in [1.82, 2.24) is 0 Å². The van der Waals surface area contributed by atoms with E-state index in [1.165, 1.54) is 12.1 Å². The number of cyclic esters (lactones) is 1. The van der Waals surface area contributed by atoms with E-state index in [2.05, 4.69) is 0 Å². The number of aromatic hydroxyl groups is 1. The fourth-order valence-corrected chi connectivity index (χ4v) is 5.33. The van der Waals surface area contributed by atoms with Crippen LogP contribution in [0.1, 0.15) is 27.9 Å². The molecular weight excluding hydrogens is 499 g/mol. The lowest BCUT2D eigenvalue weighted by Crippen LogP contribution is -2.16. The third-order valence-corrected chi connectivity index (χ3v) is 7.31. The van der Waals surface area contributed by atoms with E-state index in [9.17, 15) is 31.5 Å². The first-order valence-electron chi connectivity index (χ1n) is 10.8. The molecule has 0 radical (unpaired) electrons. The molecular formula is C25H18F3NO6S. The van der Waals surface area contributed by atoms with Gasteiger partial charge in [-0.1, -0.05) is 12.1 Å². The minimum Gasteiger partial charge on any atom is -0.506 e. The summed E-state index contributed by atoms with van der Waals surface area (Å²) >= 11 is 0. The molecule has 2 aliphatic rings. The summed E-state index contributed by atoms with van der Waals surface area (Å²) < 4.78 is 82.7. The molecule has 2 aliphatic heterocycles. The van der Waals surface area contributed by atoms with Crippen LogP contribution in [0, 0.1) is 17.5 Å². The summed E-state index contributed by atoms with van der Waals surface area (Å²) in [6.07, 6.45) is 1.98. The van der Waals surface area contributed by atoms with Gasteiger partial charge < -0.3 is 14.6 Å². The molecule has 0 atom stereocenters. The summed E-state index contributed by atoms with van der Waals surface area (Å²) in [7, 11) is -4.70. The number of fused-ring (bicyclic) bond motifs is 6. The maximum atomic E-state index is 14.8. The zero-order valence-corrected chi connectivity index (χ0v) is 19.3. The first-order chi connectivity index (χ1) is 17.1. The molecule has 0 amide bonds. The molecule has 186 valence electrons. The number of halogens is 3. The Bertz CT molecular complexity index is 1550. The molecule has 0 unspecified atom stereocenters. The van der Waals surface area contributed by atoms with Crippen molar-refractivity contribution < 1.29 is 41.0 Å². The highest BCUT2D eigenvalue weighted by molar-refractivity contribution is 7.92. The van der Waals surface area contributed by atoms with E-state index in [-0.39, 0.29) is 34.4 Å². The Morgan fingerprint density at radius 2 is 1.75 bits per heavy atom. The molecule has 4 bridgehead atoms. The average Bonchev–Trinajstić information content (AvgIpc) is 2.85. The predicted molar refractivity (Wildman–Crippen MR) is 123 cm³/mol. The summed E-state index contributed by atoms with van der Waals surface area (Å²) in [5.74, 6) is -4.65. The van der Waals surface area contributed by atoms with Gasteiger partial charge in [-0.15, -0.1) is 0 Å². The monoisotopic (exact) mass is 517 g/mol. The van der Waals surface area contributed by atoms with Gasteiger partial charge >= 0.3 is 5.97 Å². The Morgan fingerprint density at radius 1 is 0.944 bits per heavy atom. The number of nitrogens with one attached hydrogen (secondary N) is 1. The molecule has 0 spiro atoms. The highest BCUT2D eigenvalue weighted by Gasteiger charge is 2.28. The molecule has 3 aromatic carbocycles. The van der Waals surface area contributed by atoms with Crippen molar-refractivity contribution in [1.29, 1.82) is 0 Å². The van der Waals surface area contributed by atoms with E-state index in [1.54, 1.807) is 6.08 Å². The minimum atomic E-state index is -4.70. The number of benzene rings is 3. The van der Waals surface area contributed by atoms with E-state index in [1.807, 2.05) is 4.72 Å². The predicted octanol–water partition coefficient (Wildman–Crippen LogP) is 4.75. The number of carbonyl (C=O) groups is 1. The molecule has 36 heavy (non-hydrogen) atoms.